The highest BCUT2D eigenvalue weighted by Gasteiger charge is 2.07. The van der Waals surface area contributed by atoms with E-state index in [4.69, 9.17) is 17.3 Å². The second-order valence-corrected chi connectivity index (χ2v) is 5.42. The number of benzene rings is 2. The predicted molar refractivity (Wildman–Crippen MR) is 83.0 cm³/mol. The Bertz CT molecular complexity index is 581. The third-order valence-electron chi connectivity index (χ3n) is 2.26. The number of nitrogens with two attached hydrogens (primary N) is 1. The van der Waals surface area contributed by atoms with Crippen LogP contribution >= 0.6 is 34.2 Å². The number of halogens is 2. The Morgan fingerprint density at radius 3 is 2.67 bits per heavy atom. The monoisotopic (exact) mass is 372 g/mol. The van der Waals surface area contributed by atoms with Crippen LogP contribution in [0.15, 0.2) is 42.5 Å². The maximum Gasteiger partial charge on any atom is 0.255 e. The number of anilines is 2. The van der Waals surface area contributed by atoms with E-state index in [2.05, 4.69) is 27.9 Å². The van der Waals surface area contributed by atoms with Crippen LogP contribution < -0.4 is 11.1 Å². The lowest BCUT2D eigenvalue weighted by Gasteiger charge is -2.07. The fourth-order valence-electron chi connectivity index (χ4n) is 1.51. The molecular formula is C13H10ClIN2O. The SMILES string of the molecule is Nc1cc(I)cc(C(=O)Nc2cccc(Cl)c2)c1. The Hall–Kier alpha value is -1.27. The standard InChI is InChI=1S/C13H10ClIN2O/c14-9-2-1-3-12(6-9)17-13(18)8-4-10(15)7-11(16)5-8/h1-7H,16H2,(H,17,18). The molecule has 0 aliphatic heterocycles. The summed E-state index contributed by atoms with van der Waals surface area (Å²) in [5.74, 6) is -0.206. The number of amides is 1. The molecule has 3 N–H and O–H groups in total. The van der Waals surface area contributed by atoms with Gasteiger partial charge in [0.15, 0.2) is 0 Å². The number of nitrogen functional groups attached to an aromatic ring is 1. The number of nitrogens with one attached hydrogen (secondary N) is 1. The van der Waals surface area contributed by atoms with Gasteiger partial charge in [-0.1, -0.05) is 17.7 Å². The van der Waals surface area contributed by atoms with E-state index in [-0.39, 0.29) is 5.91 Å². The van der Waals surface area contributed by atoms with E-state index in [1.807, 2.05) is 0 Å². The largest absolute Gasteiger partial charge is 0.399 e. The molecule has 92 valence electrons. The van der Waals surface area contributed by atoms with E-state index in [1.54, 1.807) is 42.5 Å². The van der Waals surface area contributed by atoms with Crippen molar-refractivity contribution in [1.29, 1.82) is 0 Å². The Morgan fingerprint density at radius 1 is 1.22 bits per heavy atom. The highest BCUT2D eigenvalue weighted by atomic mass is 127. The smallest absolute Gasteiger partial charge is 0.255 e. The van der Waals surface area contributed by atoms with Crippen molar-refractivity contribution in [1.82, 2.24) is 0 Å². The van der Waals surface area contributed by atoms with Gasteiger partial charge in [-0.25, -0.2) is 0 Å². The van der Waals surface area contributed by atoms with Gasteiger partial charge in [-0.2, -0.15) is 0 Å². The summed E-state index contributed by atoms with van der Waals surface area (Å²) in [4.78, 5) is 12.0. The average molecular weight is 373 g/mol. The first-order valence-corrected chi connectivity index (χ1v) is 6.63. The summed E-state index contributed by atoms with van der Waals surface area (Å²) >= 11 is 7.97. The lowest BCUT2D eigenvalue weighted by Crippen LogP contribution is -2.12. The third-order valence-corrected chi connectivity index (χ3v) is 3.12. The van der Waals surface area contributed by atoms with Crippen molar-refractivity contribution in [2.24, 2.45) is 0 Å². The van der Waals surface area contributed by atoms with Crippen molar-refractivity contribution in [3.05, 3.63) is 56.6 Å². The zero-order valence-electron chi connectivity index (χ0n) is 9.28. The van der Waals surface area contributed by atoms with Crippen LogP contribution in [-0.4, -0.2) is 5.91 Å². The van der Waals surface area contributed by atoms with Gasteiger partial charge in [0.25, 0.3) is 5.91 Å². The van der Waals surface area contributed by atoms with Gasteiger partial charge < -0.3 is 11.1 Å². The van der Waals surface area contributed by atoms with Crippen molar-refractivity contribution in [2.75, 3.05) is 11.1 Å². The van der Waals surface area contributed by atoms with Crippen molar-refractivity contribution in [2.45, 2.75) is 0 Å². The fourth-order valence-corrected chi connectivity index (χ4v) is 2.40. The minimum Gasteiger partial charge on any atom is -0.399 e. The van der Waals surface area contributed by atoms with Crippen LogP contribution in [0.1, 0.15) is 10.4 Å². The Kier molecular flexibility index (Phi) is 4.08. The quantitative estimate of drug-likeness (QED) is 0.623. The highest BCUT2D eigenvalue weighted by Crippen LogP contribution is 2.18. The zero-order chi connectivity index (χ0) is 13.1. The molecule has 0 unspecified atom stereocenters. The van der Waals surface area contributed by atoms with E-state index in [0.717, 1.165) is 3.57 Å². The Balaban J connectivity index is 2.22. The first kappa shape index (κ1) is 13.2. The van der Waals surface area contributed by atoms with Gasteiger partial charge in [0.05, 0.1) is 0 Å². The van der Waals surface area contributed by atoms with Gasteiger partial charge in [-0.3, -0.25) is 4.79 Å². The molecule has 1 amide bonds. The summed E-state index contributed by atoms with van der Waals surface area (Å²) in [6, 6.07) is 12.2. The second kappa shape index (κ2) is 5.58. The van der Waals surface area contributed by atoms with Gasteiger partial charge in [-0.05, 0) is 59.0 Å². The van der Waals surface area contributed by atoms with Crippen LogP contribution in [0.5, 0.6) is 0 Å². The fraction of sp³-hybridized carbons (Fsp3) is 0. The minimum absolute atomic E-state index is 0.206. The van der Waals surface area contributed by atoms with Crippen molar-refractivity contribution < 1.29 is 4.79 Å². The second-order valence-electron chi connectivity index (χ2n) is 3.74. The lowest BCUT2D eigenvalue weighted by molar-refractivity contribution is 0.102. The molecule has 2 rings (SSSR count). The van der Waals surface area contributed by atoms with E-state index >= 15 is 0 Å². The molecule has 0 aromatic heterocycles. The summed E-state index contributed by atoms with van der Waals surface area (Å²) < 4.78 is 0.920. The predicted octanol–water partition coefficient (Wildman–Crippen LogP) is 3.78. The van der Waals surface area contributed by atoms with Gasteiger partial charge in [0, 0.05) is 25.5 Å². The number of carbonyl (C=O) groups is 1. The first-order chi connectivity index (χ1) is 8.54. The van der Waals surface area contributed by atoms with Crippen LogP contribution in [0.3, 0.4) is 0 Å². The molecule has 0 spiro atoms. The molecule has 3 nitrogen and oxygen atoms in total. The minimum atomic E-state index is -0.206. The highest BCUT2D eigenvalue weighted by molar-refractivity contribution is 14.1. The number of hydrogen-bond donors (Lipinski definition) is 2. The summed E-state index contributed by atoms with van der Waals surface area (Å²) in [5.41, 5.74) is 7.46. The maximum atomic E-state index is 12.0. The van der Waals surface area contributed by atoms with E-state index < -0.39 is 0 Å². The van der Waals surface area contributed by atoms with E-state index in [9.17, 15) is 4.79 Å². The summed E-state index contributed by atoms with van der Waals surface area (Å²) in [7, 11) is 0. The number of carbonyl (C=O) groups excluding carboxylic acids is 1. The molecule has 0 bridgehead atoms. The third kappa shape index (κ3) is 3.36. The molecule has 0 aliphatic rings. The molecular weight excluding hydrogens is 363 g/mol. The van der Waals surface area contributed by atoms with Gasteiger partial charge in [0.2, 0.25) is 0 Å². The molecule has 0 radical (unpaired) electrons. The molecule has 18 heavy (non-hydrogen) atoms. The van der Waals surface area contributed by atoms with Crippen molar-refractivity contribution in [3.8, 4) is 0 Å². The summed E-state index contributed by atoms with van der Waals surface area (Å²) in [6.07, 6.45) is 0. The molecule has 0 heterocycles. The van der Waals surface area contributed by atoms with Crippen LogP contribution in [0, 0.1) is 3.57 Å². The Labute approximate surface area is 123 Å². The molecule has 5 heteroatoms. The normalized spacial score (nSPS) is 10.1. The number of hydrogen-bond acceptors (Lipinski definition) is 2. The average Bonchev–Trinajstić information content (AvgIpc) is 2.27. The molecule has 0 fully saturated rings. The summed E-state index contributed by atoms with van der Waals surface area (Å²) in [6.45, 7) is 0. The first-order valence-electron chi connectivity index (χ1n) is 5.17. The molecule has 0 saturated carbocycles. The van der Waals surface area contributed by atoms with E-state index in [0.29, 0.717) is 22.0 Å². The number of rotatable bonds is 2. The van der Waals surface area contributed by atoms with Gasteiger partial charge in [0.1, 0.15) is 0 Å². The topological polar surface area (TPSA) is 55.1 Å². The summed E-state index contributed by atoms with van der Waals surface area (Å²) in [5, 5.41) is 3.35. The molecule has 0 atom stereocenters. The lowest BCUT2D eigenvalue weighted by atomic mass is 10.2. The van der Waals surface area contributed by atoms with Crippen LogP contribution in [-0.2, 0) is 0 Å². The molecule has 0 aliphatic carbocycles. The van der Waals surface area contributed by atoms with Crippen LogP contribution in [0.25, 0.3) is 0 Å². The molecule has 0 saturated heterocycles. The van der Waals surface area contributed by atoms with Crippen LogP contribution in [0.4, 0.5) is 11.4 Å². The Morgan fingerprint density at radius 2 is 2.00 bits per heavy atom. The van der Waals surface area contributed by atoms with Gasteiger partial charge >= 0.3 is 0 Å². The maximum absolute atomic E-state index is 12.0. The molecule has 2 aromatic carbocycles. The van der Waals surface area contributed by atoms with Crippen molar-refractivity contribution in [3.63, 3.8) is 0 Å². The van der Waals surface area contributed by atoms with Crippen molar-refractivity contribution >= 4 is 51.5 Å². The van der Waals surface area contributed by atoms with Gasteiger partial charge in [-0.15, -0.1) is 0 Å². The van der Waals surface area contributed by atoms with Crippen LogP contribution in [0.2, 0.25) is 5.02 Å². The zero-order valence-corrected chi connectivity index (χ0v) is 12.2. The van der Waals surface area contributed by atoms with E-state index in [1.165, 1.54) is 0 Å². The molecule has 2 aromatic rings.